The number of benzene rings is 2. The van der Waals surface area contributed by atoms with Crippen molar-refractivity contribution in [3.63, 3.8) is 0 Å². The van der Waals surface area contributed by atoms with E-state index in [1.165, 1.54) is 35.7 Å². The molecule has 25 heavy (non-hydrogen) atoms. The Bertz CT molecular complexity index is 952. The molecule has 0 bridgehead atoms. The monoisotopic (exact) mass is 329 g/mol. The summed E-state index contributed by atoms with van der Waals surface area (Å²) >= 11 is 0. The number of carbonyl (C=O) groups is 2. The zero-order valence-electron chi connectivity index (χ0n) is 14.3. The van der Waals surface area contributed by atoms with Gasteiger partial charge < -0.3 is 0 Å². The molecule has 124 valence electrons. The molecule has 3 heteroatoms. The molecule has 0 atom stereocenters. The Labute approximate surface area is 147 Å². The number of carbonyl (C=O) groups excluding carboxylic acids is 2. The van der Waals surface area contributed by atoms with Gasteiger partial charge in [0, 0.05) is 13.8 Å². The molecule has 4 rings (SSSR count). The van der Waals surface area contributed by atoms with Crippen molar-refractivity contribution in [1.29, 1.82) is 0 Å². The second kappa shape index (κ2) is 7.22. The van der Waals surface area contributed by atoms with Gasteiger partial charge in [-0.15, -0.1) is 0 Å². The summed E-state index contributed by atoms with van der Waals surface area (Å²) in [4.78, 5) is 25.6. The fourth-order valence-corrected chi connectivity index (χ4v) is 2.90. The van der Waals surface area contributed by atoms with Crippen molar-refractivity contribution in [3.8, 4) is 0 Å². The van der Waals surface area contributed by atoms with Crippen LogP contribution in [0.25, 0.3) is 16.8 Å². The third-order valence-corrected chi connectivity index (χ3v) is 4.13. The topological polar surface area (TPSA) is 47.0 Å². The van der Waals surface area contributed by atoms with Gasteiger partial charge in [0.2, 0.25) is 0 Å². The van der Waals surface area contributed by atoms with Gasteiger partial charge in [-0.2, -0.15) is 0 Å². The van der Waals surface area contributed by atoms with Gasteiger partial charge in [-0.25, -0.2) is 4.98 Å². The van der Waals surface area contributed by atoms with Crippen LogP contribution in [0.3, 0.4) is 0 Å². The lowest BCUT2D eigenvalue weighted by atomic mass is 9.93. The SMILES string of the molecule is C1=Cc2cccc3cccc(c23)C1.CC(=O)c1cccc(C(C)=O)n1. The van der Waals surface area contributed by atoms with Crippen molar-refractivity contribution < 1.29 is 9.59 Å². The maximum atomic E-state index is 10.8. The van der Waals surface area contributed by atoms with Crippen LogP contribution in [-0.4, -0.2) is 16.6 Å². The van der Waals surface area contributed by atoms with Crippen LogP contribution in [-0.2, 0) is 6.42 Å². The third-order valence-electron chi connectivity index (χ3n) is 4.13. The first-order valence-electron chi connectivity index (χ1n) is 8.22. The number of ketones is 2. The summed E-state index contributed by atoms with van der Waals surface area (Å²) in [6.07, 6.45) is 5.53. The number of nitrogens with zero attached hydrogens (tertiary/aromatic N) is 1. The lowest BCUT2D eigenvalue weighted by molar-refractivity contribution is 0.101. The number of aromatic nitrogens is 1. The molecule has 0 aliphatic heterocycles. The van der Waals surface area contributed by atoms with Gasteiger partial charge >= 0.3 is 0 Å². The van der Waals surface area contributed by atoms with Crippen LogP contribution in [0.4, 0.5) is 0 Å². The first-order valence-corrected chi connectivity index (χ1v) is 8.22. The van der Waals surface area contributed by atoms with E-state index >= 15 is 0 Å². The first-order chi connectivity index (χ1) is 12.1. The Kier molecular flexibility index (Phi) is 4.85. The van der Waals surface area contributed by atoms with Crippen molar-refractivity contribution in [1.82, 2.24) is 4.98 Å². The standard InChI is InChI=1S/C13H10.C9H9NO2/c1-4-10-6-2-8-12-9-3-7-11(5-1)13(10)12;1-6(11)8-4-3-5-9(10-8)7(2)12/h1-8H,9H2;3-5H,1-2H3. The molecule has 0 amide bonds. The van der Waals surface area contributed by atoms with Crippen molar-refractivity contribution >= 4 is 28.4 Å². The fourth-order valence-electron chi connectivity index (χ4n) is 2.90. The summed E-state index contributed by atoms with van der Waals surface area (Å²) in [5.74, 6) is -0.254. The molecule has 0 fully saturated rings. The normalized spacial score (nSPS) is 11.6. The molecule has 1 heterocycles. The average Bonchev–Trinajstić information content (AvgIpc) is 2.63. The molecule has 0 N–H and O–H groups in total. The fraction of sp³-hybridized carbons (Fsp3) is 0.136. The summed E-state index contributed by atoms with van der Waals surface area (Å²) in [6.45, 7) is 2.85. The van der Waals surface area contributed by atoms with E-state index in [2.05, 4.69) is 53.5 Å². The van der Waals surface area contributed by atoms with Crippen molar-refractivity contribution in [2.24, 2.45) is 0 Å². The minimum atomic E-state index is -0.127. The van der Waals surface area contributed by atoms with Crippen molar-refractivity contribution in [3.05, 3.63) is 83.2 Å². The van der Waals surface area contributed by atoms with Gasteiger partial charge in [0.1, 0.15) is 11.4 Å². The van der Waals surface area contributed by atoms with Crippen LogP contribution in [0.2, 0.25) is 0 Å². The van der Waals surface area contributed by atoms with E-state index in [0.29, 0.717) is 11.4 Å². The van der Waals surface area contributed by atoms with E-state index in [4.69, 9.17) is 0 Å². The predicted molar refractivity (Wildman–Crippen MR) is 101 cm³/mol. The molecule has 0 saturated carbocycles. The van der Waals surface area contributed by atoms with E-state index in [1.807, 2.05) is 0 Å². The highest BCUT2D eigenvalue weighted by Crippen LogP contribution is 2.27. The van der Waals surface area contributed by atoms with Crippen LogP contribution < -0.4 is 0 Å². The number of Topliss-reactive ketones (excluding diaryl/α,β-unsaturated/α-hetero) is 2. The van der Waals surface area contributed by atoms with Crippen LogP contribution in [0.15, 0.2) is 60.7 Å². The summed E-state index contributed by atoms with van der Waals surface area (Å²) < 4.78 is 0. The van der Waals surface area contributed by atoms with E-state index in [9.17, 15) is 9.59 Å². The lowest BCUT2D eigenvalue weighted by Crippen LogP contribution is -2.02. The predicted octanol–water partition coefficient (Wildman–Crippen LogP) is 4.90. The zero-order chi connectivity index (χ0) is 17.8. The Morgan fingerprint density at radius 1 is 0.840 bits per heavy atom. The molecular formula is C22H19NO2. The molecule has 1 aromatic heterocycles. The Balaban J connectivity index is 0.000000147. The van der Waals surface area contributed by atoms with Crippen molar-refractivity contribution in [2.75, 3.05) is 0 Å². The van der Waals surface area contributed by atoms with Gasteiger partial charge in [-0.1, -0.05) is 54.6 Å². The van der Waals surface area contributed by atoms with E-state index in [0.717, 1.165) is 6.42 Å². The quantitative estimate of drug-likeness (QED) is 0.629. The van der Waals surface area contributed by atoms with Crippen LogP contribution in [0.5, 0.6) is 0 Å². The number of allylic oxidation sites excluding steroid dienone is 1. The number of rotatable bonds is 2. The summed E-state index contributed by atoms with van der Waals surface area (Å²) in [6, 6.07) is 17.9. The molecule has 0 saturated heterocycles. The molecule has 1 aliphatic rings. The highest BCUT2D eigenvalue weighted by atomic mass is 16.1. The lowest BCUT2D eigenvalue weighted by Gasteiger charge is -2.11. The molecule has 1 aliphatic carbocycles. The summed E-state index contributed by atoms with van der Waals surface area (Å²) in [5.41, 5.74) is 3.49. The second-order valence-electron chi connectivity index (χ2n) is 5.99. The first kappa shape index (κ1) is 16.8. The van der Waals surface area contributed by atoms with Gasteiger partial charge in [0.15, 0.2) is 11.6 Å². The van der Waals surface area contributed by atoms with E-state index in [1.54, 1.807) is 18.2 Å². The van der Waals surface area contributed by atoms with Gasteiger partial charge in [-0.3, -0.25) is 9.59 Å². The van der Waals surface area contributed by atoms with Gasteiger partial charge in [0.05, 0.1) is 0 Å². The van der Waals surface area contributed by atoms with Gasteiger partial charge in [0.25, 0.3) is 0 Å². The smallest absolute Gasteiger partial charge is 0.178 e. The Hall–Kier alpha value is -3.07. The minimum Gasteiger partial charge on any atom is -0.293 e. The van der Waals surface area contributed by atoms with E-state index < -0.39 is 0 Å². The number of hydrogen-bond acceptors (Lipinski definition) is 3. The Morgan fingerprint density at radius 3 is 2.08 bits per heavy atom. The van der Waals surface area contributed by atoms with Crippen LogP contribution in [0, 0.1) is 0 Å². The molecule has 3 aromatic rings. The Morgan fingerprint density at radius 2 is 1.44 bits per heavy atom. The molecule has 3 nitrogen and oxygen atoms in total. The maximum Gasteiger partial charge on any atom is 0.178 e. The molecular weight excluding hydrogens is 310 g/mol. The second-order valence-corrected chi connectivity index (χ2v) is 5.99. The largest absolute Gasteiger partial charge is 0.293 e. The molecule has 0 spiro atoms. The van der Waals surface area contributed by atoms with Crippen LogP contribution >= 0.6 is 0 Å². The zero-order valence-corrected chi connectivity index (χ0v) is 14.3. The molecule has 2 aromatic carbocycles. The number of hydrogen-bond donors (Lipinski definition) is 0. The third kappa shape index (κ3) is 3.72. The number of pyridine rings is 1. The molecule has 0 radical (unpaired) electrons. The highest BCUT2D eigenvalue weighted by Gasteiger charge is 2.06. The van der Waals surface area contributed by atoms with E-state index in [-0.39, 0.29) is 11.6 Å². The molecule has 0 unspecified atom stereocenters. The summed E-state index contributed by atoms with van der Waals surface area (Å²) in [7, 11) is 0. The highest BCUT2D eigenvalue weighted by molar-refractivity contribution is 5.96. The summed E-state index contributed by atoms with van der Waals surface area (Å²) in [5, 5.41) is 2.80. The van der Waals surface area contributed by atoms with Gasteiger partial charge in [-0.05, 0) is 40.5 Å². The van der Waals surface area contributed by atoms with Crippen molar-refractivity contribution in [2.45, 2.75) is 20.3 Å². The maximum absolute atomic E-state index is 10.8. The minimum absolute atomic E-state index is 0.127. The average molecular weight is 329 g/mol. The van der Waals surface area contributed by atoms with Crippen LogP contribution in [0.1, 0.15) is 46.0 Å².